The maximum atomic E-state index is 10.7. The van der Waals surface area contributed by atoms with E-state index in [1.54, 1.807) is 6.20 Å². The predicted molar refractivity (Wildman–Crippen MR) is 98.6 cm³/mol. The van der Waals surface area contributed by atoms with Crippen molar-refractivity contribution in [3.05, 3.63) is 42.2 Å². The van der Waals surface area contributed by atoms with Gasteiger partial charge in [-0.3, -0.25) is 4.98 Å². The highest BCUT2D eigenvalue weighted by Crippen LogP contribution is 2.43. The van der Waals surface area contributed by atoms with Crippen molar-refractivity contribution in [2.24, 2.45) is 5.92 Å². The second-order valence-corrected chi connectivity index (χ2v) is 6.88. The first-order valence-electron chi connectivity index (χ1n) is 8.81. The largest absolute Gasteiger partial charge is 0.493 e. The van der Waals surface area contributed by atoms with Crippen LogP contribution in [0.2, 0.25) is 0 Å². The van der Waals surface area contributed by atoms with Gasteiger partial charge in [-0.15, -0.1) is 0 Å². The van der Waals surface area contributed by atoms with E-state index in [4.69, 9.17) is 14.6 Å². The van der Waals surface area contributed by atoms with Crippen LogP contribution in [0.15, 0.2) is 36.7 Å². The summed E-state index contributed by atoms with van der Waals surface area (Å²) in [7, 11) is 0. The van der Waals surface area contributed by atoms with Gasteiger partial charge in [0.25, 0.3) is 0 Å². The molecule has 0 radical (unpaired) electrons. The number of fused-ring (bicyclic) bond motifs is 3. The van der Waals surface area contributed by atoms with Gasteiger partial charge in [0.05, 0.1) is 6.61 Å². The van der Waals surface area contributed by atoms with Crippen LogP contribution in [0.4, 0.5) is 4.79 Å². The minimum absolute atomic E-state index is 0.0525. The van der Waals surface area contributed by atoms with Crippen LogP contribution in [0, 0.1) is 5.92 Å². The molecule has 2 heterocycles. The predicted octanol–water partition coefficient (Wildman–Crippen LogP) is 4.26. The molecule has 1 aromatic carbocycles. The van der Waals surface area contributed by atoms with Crippen molar-refractivity contribution in [2.45, 2.75) is 39.3 Å². The van der Waals surface area contributed by atoms with Gasteiger partial charge in [-0.05, 0) is 49.9 Å². The number of amides is 1. The third-order valence-corrected chi connectivity index (χ3v) is 4.50. The van der Waals surface area contributed by atoms with E-state index in [-0.39, 0.29) is 18.1 Å². The molecule has 3 atom stereocenters. The van der Waals surface area contributed by atoms with E-state index in [1.807, 2.05) is 51.2 Å². The van der Waals surface area contributed by atoms with Gasteiger partial charge >= 0.3 is 6.09 Å². The fourth-order valence-electron chi connectivity index (χ4n) is 3.32. The molecule has 138 valence electrons. The van der Waals surface area contributed by atoms with Crippen LogP contribution in [0.25, 0.3) is 11.1 Å². The van der Waals surface area contributed by atoms with E-state index in [2.05, 4.69) is 10.3 Å². The molecule has 1 aliphatic heterocycles. The molecule has 0 saturated carbocycles. The third kappa shape index (κ3) is 4.07. The lowest BCUT2D eigenvalue weighted by Gasteiger charge is -2.26. The minimum Gasteiger partial charge on any atom is -0.493 e. The van der Waals surface area contributed by atoms with Crippen molar-refractivity contribution >= 4 is 6.09 Å². The van der Waals surface area contributed by atoms with Crippen molar-refractivity contribution in [3.63, 3.8) is 0 Å². The third-order valence-electron chi connectivity index (χ3n) is 4.50. The average Bonchev–Trinajstić information content (AvgIpc) is 2.59. The van der Waals surface area contributed by atoms with Gasteiger partial charge in [-0.2, -0.15) is 0 Å². The van der Waals surface area contributed by atoms with Crippen molar-refractivity contribution < 1.29 is 19.4 Å². The molecule has 6 heteroatoms. The van der Waals surface area contributed by atoms with Crippen molar-refractivity contribution in [1.29, 1.82) is 0 Å². The highest BCUT2D eigenvalue weighted by molar-refractivity contribution is 5.76. The first kappa shape index (κ1) is 18.0. The van der Waals surface area contributed by atoms with Crippen LogP contribution in [-0.2, 0) is 0 Å². The number of nitrogens with zero attached hydrogens (tertiary/aromatic N) is 1. The number of carboxylic acid groups (broad SMARTS) is 1. The molecule has 2 aromatic rings. The smallest absolute Gasteiger partial charge is 0.404 e. The first-order valence-corrected chi connectivity index (χ1v) is 8.81. The van der Waals surface area contributed by atoms with Crippen molar-refractivity contribution in [2.75, 3.05) is 6.61 Å². The van der Waals surface area contributed by atoms with E-state index in [1.165, 1.54) is 0 Å². The van der Waals surface area contributed by atoms with Crippen LogP contribution >= 0.6 is 0 Å². The number of pyridine rings is 1. The van der Waals surface area contributed by atoms with Gasteiger partial charge in [-0.1, -0.05) is 6.92 Å². The molecule has 3 rings (SSSR count). The minimum atomic E-state index is -0.998. The SMILES string of the molecule is CC(COc1ccc2c(c1)OC(C)c1cnccc1-2)C[C@H](C)NC(=O)O. The van der Waals surface area contributed by atoms with Gasteiger partial charge in [0, 0.05) is 35.6 Å². The molecule has 0 saturated heterocycles. The summed E-state index contributed by atoms with van der Waals surface area (Å²) in [6, 6.07) is 7.76. The number of hydrogen-bond donors (Lipinski definition) is 2. The summed E-state index contributed by atoms with van der Waals surface area (Å²) in [4.78, 5) is 14.8. The molecular weight excluding hydrogens is 332 g/mol. The second-order valence-electron chi connectivity index (χ2n) is 6.88. The molecule has 6 nitrogen and oxygen atoms in total. The van der Waals surface area contributed by atoms with E-state index in [9.17, 15) is 4.79 Å². The summed E-state index contributed by atoms with van der Waals surface area (Å²) in [6.07, 6.45) is 3.30. The molecule has 26 heavy (non-hydrogen) atoms. The van der Waals surface area contributed by atoms with Gasteiger partial charge < -0.3 is 19.9 Å². The molecule has 0 bridgehead atoms. The van der Waals surface area contributed by atoms with Crippen molar-refractivity contribution in [3.8, 4) is 22.6 Å². The molecule has 1 aliphatic rings. The van der Waals surface area contributed by atoms with E-state index in [0.29, 0.717) is 13.0 Å². The van der Waals surface area contributed by atoms with Crippen LogP contribution in [0.5, 0.6) is 11.5 Å². The van der Waals surface area contributed by atoms with Crippen LogP contribution in [-0.4, -0.2) is 28.8 Å². The number of carbonyl (C=O) groups is 1. The molecule has 1 amide bonds. The summed E-state index contributed by atoms with van der Waals surface area (Å²) in [5, 5.41) is 11.2. The van der Waals surface area contributed by atoms with E-state index in [0.717, 1.165) is 28.2 Å². The Bertz CT molecular complexity index is 793. The highest BCUT2D eigenvalue weighted by atomic mass is 16.5. The summed E-state index contributed by atoms with van der Waals surface area (Å²) < 4.78 is 11.9. The molecule has 0 aliphatic carbocycles. The Labute approximate surface area is 153 Å². The molecule has 0 spiro atoms. The van der Waals surface area contributed by atoms with Crippen LogP contribution in [0.3, 0.4) is 0 Å². The number of ether oxygens (including phenoxy) is 2. The summed E-state index contributed by atoms with van der Waals surface area (Å²) in [5.74, 6) is 1.78. The molecule has 1 aromatic heterocycles. The summed E-state index contributed by atoms with van der Waals surface area (Å²) >= 11 is 0. The molecular formula is C20H24N2O4. The Balaban J connectivity index is 1.65. The number of hydrogen-bond acceptors (Lipinski definition) is 4. The second kappa shape index (κ2) is 7.64. The van der Waals surface area contributed by atoms with Crippen molar-refractivity contribution in [1.82, 2.24) is 10.3 Å². The number of aromatic nitrogens is 1. The van der Waals surface area contributed by atoms with Crippen LogP contribution in [0.1, 0.15) is 38.9 Å². The topological polar surface area (TPSA) is 80.7 Å². The number of benzene rings is 1. The highest BCUT2D eigenvalue weighted by Gasteiger charge is 2.23. The Morgan fingerprint density at radius 2 is 2.15 bits per heavy atom. The zero-order valence-corrected chi connectivity index (χ0v) is 15.2. The van der Waals surface area contributed by atoms with Gasteiger partial charge in [0.2, 0.25) is 0 Å². The van der Waals surface area contributed by atoms with Gasteiger partial charge in [0.15, 0.2) is 0 Å². The molecule has 2 unspecified atom stereocenters. The first-order chi connectivity index (χ1) is 12.4. The normalized spacial score (nSPS) is 17.3. The lowest BCUT2D eigenvalue weighted by molar-refractivity contribution is 0.185. The molecule has 0 fully saturated rings. The Hall–Kier alpha value is -2.76. The van der Waals surface area contributed by atoms with E-state index >= 15 is 0 Å². The fourth-order valence-corrected chi connectivity index (χ4v) is 3.32. The van der Waals surface area contributed by atoms with Gasteiger partial charge in [-0.25, -0.2) is 4.79 Å². The number of rotatable bonds is 6. The number of nitrogens with one attached hydrogen (secondary N) is 1. The van der Waals surface area contributed by atoms with Crippen LogP contribution < -0.4 is 14.8 Å². The average molecular weight is 356 g/mol. The standard InChI is InChI=1S/C20H24N2O4/c1-12(8-13(2)22-20(23)24)11-25-15-4-5-17-16-6-7-21-10-18(16)14(3)26-19(17)9-15/h4-7,9-10,12-14,22H,8,11H2,1-3H3,(H,23,24)/t12?,13-,14?/m0/s1. The lowest BCUT2D eigenvalue weighted by Crippen LogP contribution is -2.33. The zero-order valence-electron chi connectivity index (χ0n) is 15.2. The maximum absolute atomic E-state index is 10.7. The zero-order chi connectivity index (χ0) is 18.7. The Morgan fingerprint density at radius 3 is 2.92 bits per heavy atom. The summed E-state index contributed by atoms with van der Waals surface area (Å²) in [6.45, 7) is 6.42. The Morgan fingerprint density at radius 1 is 1.35 bits per heavy atom. The molecule has 2 N–H and O–H groups in total. The van der Waals surface area contributed by atoms with Gasteiger partial charge in [0.1, 0.15) is 17.6 Å². The maximum Gasteiger partial charge on any atom is 0.404 e. The monoisotopic (exact) mass is 356 g/mol. The Kier molecular flexibility index (Phi) is 5.30. The lowest BCUT2D eigenvalue weighted by atomic mass is 9.95. The van der Waals surface area contributed by atoms with E-state index < -0.39 is 6.09 Å². The summed E-state index contributed by atoms with van der Waals surface area (Å²) in [5.41, 5.74) is 3.27. The quantitative estimate of drug-likeness (QED) is 0.808. The fraction of sp³-hybridized carbons (Fsp3) is 0.400.